The Morgan fingerprint density at radius 1 is 1.33 bits per heavy atom. The molecule has 0 aliphatic heterocycles. The molecular formula is C16H20N2O3. The number of primary amides is 1. The maximum absolute atomic E-state index is 11.1. The SMILES string of the molecule is CCCCOc1ccc(/C=C(\C#N)C(N)=O)cc1OCC. The molecule has 21 heavy (non-hydrogen) atoms. The second-order valence-electron chi connectivity index (χ2n) is 4.38. The van der Waals surface area contributed by atoms with E-state index in [0.717, 1.165) is 12.8 Å². The van der Waals surface area contributed by atoms with Gasteiger partial charge < -0.3 is 15.2 Å². The first-order valence-corrected chi connectivity index (χ1v) is 6.93. The minimum Gasteiger partial charge on any atom is -0.490 e. The number of ether oxygens (including phenoxy) is 2. The van der Waals surface area contributed by atoms with Crippen molar-refractivity contribution in [2.24, 2.45) is 5.73 Å². The topological polar surface area (TPSA) is 85.3 Å². The van der Waals surface area contributed by atoms with E-state index in [0.29, 0.717) is 30.3 Å². The zero-order valence-corrected chi connectivity index (χ0v) is 12.4. The highest BCUT2D eigenvalue weighted by atomic mass is 16.5. The second-order valence-corrected chi connectivity index (χ2v) is 4.38. The van der Waals surface area contributed by atoms with E-state index >= 15 is 0 Å². The predicted octanol–water partition coefficient (Wildman–Crippen LogP) is 2.66. The van der Waals surface area contributed by atoms with Crippen molar-refractivity contribution >= 4 is 12.0 Å². The van der Waals surface area contributed by atoms with Crippen molar-refractivity contribution in [3.8, 4) is 17.6 Å². The summed E-state index contributed by atoms with van der Waals surface area (Å²) in [4.78, 5) is 11.1. The number of hydrogen-bond acceptors (Lipinski definition) is 4. The molecule has 1 aromatic rings. The summed E-state index contributed by atoms with van der Waals surface area (Å²) in [5.74, 6) is 0.489. The van der Waals surface area contributed by atoms with Gasteiger partial charge in [-0.15, -0.1) is 0 Å². The van der Waals surface area contributed by atoms with Gasteiger partial charge in [0.25, 0.3) is 5.91 Å². The number of rotatable bonds is 8. The Labute approximate surface area is 125 Å². The minimum atomic E-state index is -0.751. The van der Waals surface area contributed by atoms with Gasteiger partial charge in [0.15, 0.2) is 11.5 Å². The zero-order valence-electron chi connectivity index (χ0n) is 12.4. The molecule has 1 rings (SSSR count). The number of amides is 1. The van der Waals surface area contributed by atoms with Crippen LogP contribution in [0.2, 0.25) is 0 Å². The van der Waals surface area contributed by atoms with Crippen molar-refractivity contribution in [3.63, 3.8) is 0 Å². The maximum atomic E-state index is 11.1. The Morgan fingerprint density at radius 3 is 2.67 bits per heavy atom. The van der Waals surface area contributed by atoms with Crippen LogP contribution in [-0.2, 0) is 4.79 Å². The van der Waals surface area contributed by atoms with Crippen molar-refractivity contribution < 1.29 is 14.3 Å². The minimum absolute atomic E-state index is 0.0999. The number of carbonyl (C=O) groups excluding carboxylic acids is 1. The summed E-state index contributed by atoms with van der Waals surface area (Å²) in [6.07, 6.45) is 3.45. The third-order valence-electron chi connectivity index (χ3n) is 2.72. The van der Waals surface area contributed by atoms with Gasteiger partial charge in [-0.3, -0.25) is 4.79 Å². The van der Waals surface area contributed by atoms with Crippen LogP contribution in [0.15, 0.2) is 23.8 Å². The summed E-state index contributed by atoms with van der Waals surface area (Å²) in [7, 11) is 0. The number of unbranched alkanes of at least 4 members (excludes halogenated alkanes) is 1. The van der Waals surface area contributed by atoms with E-state index in [4.69, 9.17) is 20.5 Å². The average molecular weight is 288 g/mol. The summed E-state index contributed by atoms with van der Waals surface area (Å²) in [5.41, 5.74) is 5.68. The molecule has 0 spiro atoms. The molecule has 112 valence electrons. The van der Waals surface area contributed by atoms with E-state index in [2.05, 4.69) is 6.92 Å². The first-order valence-electron chi connectivity index (χ1n) is 6.93. The normalized spacial score (nSPS) is 10.8. The zero-order chi connectivity index (χ0) is 15.7. The summed E-state index contributed by atoms with van der Waals surface area (Å²) < 4.78 is 11.2. The highest BCUT2D eigenvalue weighted by Crippen LogP contribution is 2.29. The first-order chi connectivity index (χ1) is 10.1. The number of nitrogens with zero attached hydrogens (tertiary/aromatic N) is 1. The highest BCUT2D eigenvalue weighted by molar-refractivity contribution is 6.00. The summed E-state index contributed by atoms with van der Waals surface area (Å²) >= 11 is 0. The van der Waals surface area contributed by atoms with E-state index in [9.17, 15) is 4.79 Å². The van der Waals surface area contributed by atoms with Gasteiger partial charge in [0, 0.05) is 0 Å². The number of hydrogen-bond donors (Lipinski definition) is 1. The van der Waals surface area contributed by atoms with Gasteiger partial charge in [-0.25, -0.2) is 0 Å². The third-order valence-corrected chi connectivity index (χ3v) is 2.72. The summed E-state index contributed by atoms with van der Waals surface area (Å²) in [5, 5.41) is 8.85. The molecule has 0 aromatic heterocycles. The van der Waals surface area contributed by atoms with Crippen molar-refractivity contribution in [1.82, 2.24) is 0 Å². The Bertz CT molecular complexity index is 559. The molecule has 2 N–H and O–H groups in total. The summed E-state index contributed by atoms with van der Waals surface area (Å²) in [6, 6.07) is 7.02. The molecule has 0 saturated carbocycles. The smallest absolute Gasteiger partial charge is 0.259 e. The van der Waals surface area contributed by atoms with Gasteiger partial charge in [0.05, 0.1) is 13.2 Å². The lowest BCUT2D eigenvalue weighted by Gasteiger charge is -2.12. The van der Waals surface area contributed by atoms with Gasteiger partial charge in [-0.1, -0.05) is 19.4 Å². The fraction of sp³-hybridized carbons (Fsp3) is 0.375. The van der Waals surface area contributed by atoms with Gasteiger partial charge >= 0.3 is 0 Å². The first kappa shape index (κ1) is 16.6. The van der Waals surface area contributed by atoms with Gasteiger partial charge in [0.2, 0.25) is 0 Å². The molecule has 0 heterocycles. The van der Waals surface area contributed by atoms with E-state index < -0.39 is 5.91 Å². The molecule has 0 atom stereocenters. The van der Waals surface area contributed by atoms with Gasteiger partial charge in [-0.05, 0) is 37.1 Å². The van der Waals surface area contributed by atoms with Crippen LogP contribution in [-0.4, -0.2) is 19.1 Å². The van der Waals surface area contributed by atoms with Gasteiger partial charge in [-0.2, -0.15) is 5.26 Å². The van der Waals surface area contributed by atoms with Crippen LogP contribution in [0.4, 0.5) is 0 Å². The van der Waals surface area contributed by atoms with Crippen molar-refractivity contribution in [2.45, 2.75) is 26.7 Å². The number of benzene rings is 1. The Hall–Kier alpha value is -2.48. The van der Waals surface area contributed by atoms with Crippen LogP contribution < -0.4 is 15.2 Å². The average Bonchev–Trinajstić information content (AvgIpc) is 2.47. The molecule has 1 aromatic carbocycles. The number of nitriles is 1. The largest absolute Gasteiger partial charge is 0.490 e. The predicted molar refractivity (Wildman–Crippen MR) is 80.8 cm³/mol. The lowest BCUT2D eigenvalue weighted by molar-refractivity contribution is -0.114. The van der Waals surface area contributed by atoms with Crippen molar-refractivity contribution in [1.29, 1.82) is 5.26 Å². The molecule has 5 nitrogen and oxygen atoms in total. The molecule has 0 bridgehead atoms. The van der Waals surface area contributed by atoms with Crippen molar-refractivity contribution in [3.05, 3.63) is 29.3 Å². The monoisotopic (exact) mass is 288 g/mol. The Balaban J connectivity index is 3.02. The van der Waals surface area contributed by atoms with Crippen LogP contribution in [0.3, 0.4) is 0 Å². The van der Waals surface area contributed by atoms with E-state index in [1.165, 1.54) is 6.08 Å². The molecule has 5 heteroatoms. The number of nitrogens with two attached hydrogens (primary N) is 1. The van der Waals surface area contributed by atoms with Crippen LogP contribution >= 0.6 is 0 Å². The van der Waals surface area contributed by atoms with Crippen LogP contribution in [0.5, 0.6) is 11.5 Å². The molecule has 0 saturated heterocycles. The van der Waals surface area contributed by atoms with E-state index in [-0.39, 0.29) is 5.57 Å². The van der Waals surface area contributed by atoms with E-state index in [1.807, 2.05) is 6.92 Å². The molecule has 0 aliphatic carbocycles. The lowest BCUT2D eigenvalue weighted by Crippen LogP contribution is -2.12. The fourth-order valence-corrected chi connectivity index (χ4v) is 1.65. The third kappa shape index (κ3) is 5.19. The molecule has 1 amide bonds. The Kier molecular flexibility index (Phi) is 6.82. The van der Waals surface area contributed by atoms with E-state index in [1.54, 1.807) is 24.3 Å². The van der Waals surface area contributed by atoms with Crippen LogP contribution in [0, 0.1) is 11.3 Å². The molecule has 0 radical (unpaired) electrons. The summed E-state index contributed by atoms with van der Waals surface area (Å²) in [6.45, 7) is 5.09. The second kappa shape index (κ2) is 8.64. The lowest BCUT2D eigenvalue weighted by atomic mass is 10.1. The van der Waals surface area contributed by atoms with Crippen molar-refractivity contribution in [2.75, 3.05) is 13.2 Å². The highest BCUT2D eigenvalue weighted by Gasteiger charge is 2.08. The van der Waals surface area contributed by atoms with Crippen LogP contribution in [0.25, 0.3) is 6.08 Å². The van der Waals surface area contributed by atoms with Crippen LogP contribution in [0.1, 0.15) is 32.3 Å². The fourth-order valence-electron chi connectivity index (χ4n) is 1.65. The standard InChI is InChI=1S/C16H20N2O3/c1-3-5-8-21-14-7-6-12(10-15(14)20-4-2)9-13(11-17)16(18)19/h6-7,9-10H,3-5,8H2,1-2H3,(H2,18,19)/b13-9+. The maximum Gasteiger partial charge on any atom is 0.259 e. The molecule has 0 fully saturated rings. The molecule has 0 aliphatic rings. The quantitative estimate of drug-likeness (QED) is 0.452. The molecule has 0 unspecified atom stereocenters. The van der Waals surface area contributed by atoms with Gasteiger partial charge in [0.1, 0.15) is 11.6 Å². The molecular weight excluding hydrogens is 268 g/mol. The number of carbonyl (C=O) groups is 1. The Morgan fingerprint density at radius 2 is 2.10 bits per heavy atom.